The first-order valence-electron chi connectivity index (χ1n) is 7.10. The highest BCUT2D eigenvalue weighted by molar-refractivity contribution is 7.59. The van der Waals surface area contributed by atoms with Crippen molar-refractivity contribution in [2.75, 3.05) is 11.8 Å². The summed E-state index contributed by atoms with van der Waals surface area (Å²) in [6.07, 6.45) is -7.10. The Kier molecular flexibility index (Phi) is 6.10. The summed E-state index contributed by atoms with van der Waals surface area (Å²) in [4.78, 5) is 0. The van der Waals surface area contributed by atoms with E-state index in [-0.39, 0.29) is 10.6 Å². The first-order chi connectivity index (χ1) is 11.5. The van der Waals surface area contributed by atoms with Crippen LogP contribution in [0.3, 0.4) is 0 Å². The minimum Gasteiger partial charge on any atom is -0.315 e. The predicted octanol–water partition coefficient (Wildman–Crippen LogP) is 6.86. The van der Waals surface area contributed by atoms with E-state index in [1.165, 1.54) is 30.3 Å². The van der Waals surface area contributed by atoms with Crippen molar-refractivity contribution in [2.45, 2.75) is 19.2 Å². The van der Waals surface area contributed by atoms with Crippen molar-refractivity contribution in [3.63, 3.8) is 0 Å². The minimum atomic E-state index is -4.75. The maximum Gasteiger partial charge on any atom is 0.419 e. The van der Waals surface area contributed by atoms with Gasteiger partial charge in [-0.05, 0) is 42.3 Å². The zero-order valence-electron chi connectivity index (χ0n) is 13.3. The molecule has 0 aliphatic heterocycles. The average Bonchev–Trinajstić information content (AvgIpc) is 2.48. The van der Waals surface area contributed by atoms with E-state index in [9.17, 15) is 17.7 Å². The van der Waals surface area contributed by atoms with Gasteiger partial charge in [0.1, 0.15) is 0 Å². The monoisotopic (exact) mass is 411 g/mol. The van der Waals surface area contributed by atoms with Crippen LogP contribution in [0.15, 0.2) is 42.5 Å². The Hall–Kier alpha value is -1.20. The van der Waals surface area contributed by atoms with Gasteiger partial charge in [-0.15, -0.1) is 0 Å². The molecule has 0 aromatic heterocycles. The molecule has 2 aromatic rings. The number of alkyl halides is 3. The molecule has 0 heterocycles. The third-order valence-corrected chi connectivity index (χ3v) is 5.05. The van der Waals surface area contributed by atoms with E-state index in [4.69, 9.17) is 27.7 Å². The molecule has 0 aliphatic carbocycles. The Morgan fingerprint density at radius 1 is 1.08 bits per heavy atom. The molecule has 0 radical (unpaired) electrons. The molecule has 25 heavy (non-hydrogen) atoms. The number of hydrogen-bond acceptors (Lipinski definition) is 2. The summed E-state index contributed by atoms with van der Waals surface area (Å²) in [5.74, 6) is 0. The van der Waals surface area contributed by atoms with E-state index in [1.54, 1.807) is 19.1 Å². The van der Waals surface area contributed by atoms with Gasteiger partial charge < -0.3 is 5.09 Å². The summed E-state index contributed by atoms with van der Waals surface area (Å²) in [7, 11) is -3.85. The molecule has 0 amide bonds. The lowest BCUT2D eigenvalue weighted by molar-refractivity contribution is -0.197. The van der Waals surface area contributed by atoms with Crippen molar-refractivity contribution in [3.8, 4) is 0 Å². The van der Waals surface area contributed by atoms with E-state index in [0.717, 1.165) is 6.66 Å². The highest BCUT2D eigenvalue weighted by Gasteiger charge is 2.45. The number of rotatable bonds is 5. The van der Waals surface area contributed by atoms with E-state index < -0.39 is 19.8 Å². The number of halogens is 5. The van der Waals surface area contributed by atoms with Crippen molar-refractivity contribution in [1.29, 1.82) is 0 Å². The van der Waals surface area contributed by atoms with E-state index in [2.05, 4.69) is 5.09 Å². The topological polar surface area (TPSA) is 38.3 Å². The van der Waals surface area contributed by atoms with Gasteiger partial charge in [0, 0.05) is 22.4 Å². The molecule has 0 saturated heterocycles. The SMILES string of the molecule is Cc1ccc(Cl)cc1N[P@](C)(=O)O[C@@H](c1ccc(Cl)cc1)C(F)(F)F. The van der Waals surface area contributed by atoms with E-state index >= 15 is 0 Å². The van der Waals surface area contributed by atoms with Crippen molar-refractivity contribution < 1.29 is 22.3 Å². The lowest BCUT2D eigenvalue weighted by Crippen LogP contribution is -2.23. The fourth-order valence-electron chi connectivity index (χ4n) is 2.11. The van der Waals surface area contributed by atoms with Gasteiger partial charge in [-0.25, -0.2) is 0 Å². The van der Waals surface area contributed by atoms with Crippen molar-refractivity contribution in [1.82, 2.24) is 0 Å². The Balaban J connectivity index is 2.29. The molecule has 0 aliphatic rings. The van der Waals surface area contributed by atoms with E-state index in [1.807, 2.05) is 0 Å². The molecule has 0 unspecified atom stereocenters. The van der Waals surface area contributed by atoms with Gasteiger partial charge in [-0.3, -0.25) is 9.09 Å². The van der Waals surface area contributed by atoms with Crippen LogP contribution in [0.1, 0.15) is 17.2 Å². The second-order valence-electron chi connectivity index (χ2n) is 5.50. The van der Waals surface area contributed by atoms with Gasteiger partial charge in [0.2, 0.25) is 0 Å². The van der Waals surface area contributed by atoms with Crippen LogP contribution in [0.5, 0.6) is 0 Å². The molecule has 1 N–H and O–H groups in total. The van der Waals surface area contributed by atoms with Crippen LogP contribution in [0.2, 0.25) is 10.0 Å². The summed E-state index contributed by atoms with van der Waals surface area (Å²) >= 11 is 11.6. The summed E-state index contributed by atoms with van der Waals surface area (Å²) in [5.41, 5.74) is 0.823. The second-order valence-corrected chi connectivity index (χ2v) is 8.49. The summed E-state index contributed by atoms with van der Waals surface area (Å²) < 4.78 is 57.8. The molecule has 0 spiro atoms. The molecule has 136 valence electrons. The van der Waals surface area contributed by atoms with Gasteiger partial charge in [0.05, 0.1) is 0 Å². The van der Waals surface area contributed by atoms with Gasteiger partial charge in [-0.2, -0.15) is 13.2 Å². The minimum absolute atomic E-state index is 0.191. The second kappa shape index (κ2) is 7.58. The first-order valence-corrected chi connectivity index (χ1v) is 9.93. The molecule has 0 bridgehead atoms. The standard InChI is InChI=1S/C16H15Cl2F3NO2P/c1-10-3-6-13(18)9-14(10)22-25(2,23)24-15(16(19,20)21)11-4-7-12(17)8-5-11/h3-9,15H,1-2H3,(H,22,23)/t15-,25+/m0/s1. The maximum atomic E-state index is 13.4. The first kappa shape index (κ1) is 20.1. The van der Waals surface area contributed by atoms with Gasteiger partial charge in [0.25, 0.3) is 7.52 Å². The average molecular weight is 412 g/mol. The van der Waals surface area contributed by atoms with Crippen LogP contribution in [0.25, 0.3) is 0 Å². The van der Waals surface area contributed by atoms with Gasteiger partial charge >= 0.3 is 6.18 Å². The zero-order chi connectivity index (χ0) is 18.8. The Labute approximate surface area is 153 Å². The van der Waals surface area contributed by atoms with E-state index in [0.29, 0.717) is 16.3 Å². The van der Waals surface area contributed by atoms with Gasteiger partial charge in [0.15, 0.2) is 6.10 Å². The predicted molar refractivity (Wildman–Crippen MR) is 94.7 cm³/mol. The van der Waals surface area contributed by atoms with Crippen LogP contribution >= 0.6 is 30.7 Å². The fraction of sp³-hybridized carbons (Fsp3) is 0.250. The Bertz CT molecular complexity index is 797. The number of aryl methyl sites for hydroxylation is 1. The molecule has 2 atom stereocenters. The molecule has 3 nitrogen and oxygen atoms in total. The lowest BCUT2D eigenvalue weighted by atomic mass is 10.1. The van der Waals surface area contributed by atoms with Crippen molar-refractivity contribution in [3.05, 3.63) is 63.6 Å². The third-order valence-electron chi connectivity index (χ3n) is 3.30. The van der Waals surface area contributed by atoms with Crippen LogP contribution < -0.4 is 5.09 Å². The molecule has 0 saturated carbocycles. The molecular formula is C16H15Cl2F3NO2P. The van der Waals surface area contributed by atoms with Gasteiger partial charge in [-0.1, -0.05) is 41.4 Å². The Morgan fingerprint density at radius 2 is 1.64 bits per heavy atom. The highest BCUT2D eigenvalue weighted by Crippen LogP contribution is 2.52. The smallest absolute Gasteiger partial charge is 0.315 e. The van der Waals surface area contributed by atoms with Crippen LogP contribution in [0, 0.1) is 6.92 Å². The quantitative estimate of drug-likeness (QED) is 0.546. The number of nitrogens with one attached hydrogen (secondary N) is 1. The van der Waals surface area contributed by atoms with Crippen LogP contribution in [0.4, 0.5) is 18.9 Å². The van der Waals surface area contributed by atoms with Crippen molar-refractivity contribution in [2.24, 2.45) is 0 Å². The highest BCUT2D eigenvalue weighted by atomic mass is 35.5. The zero-order valence-corrected chi connectivity index (χ0v) is 15.7. The summed E-state index contributed by atoms with van der Waals surface area (Å²) in [5, 5.41) is 3.18. The van der Waals surface area contributed by atoms with Crippen LogP contribution in [-0.4, -0.2) is 12.8 Å². The number of anilines is 1. The third kappa shape index (κ3) is 5.65. The summed E-state index contributed by atoms with van der Waals surface area (Å²) in [6.45, 7) is 2.79. The van der Waals surface area contributed by atoms with Crippen LogP contribution in [-0.2, 0) is 9.09 Å². The molecule has 2 rings (SSSR count). The number of hydrogen-bond donors (Lipinski definition) is 1. The largest absolute Gasteiger partial charge is 0.419 e. The molecule has 9 heteroatoms. The van der Waals surface area contributed by atoms with Crippen molar-refractivity contribution >= 4 is 36.4 Å². The fourth-order valence-corrected chi connectivity index (χ4v) is 3.78. The lowest BCUT2D eigenvalue weighted by Gasteiger charge is -2.26. The molecular weight excluding hydrogens is 397 g/mol. The summed E-state index contributed by atoms with van der Waals surface area (Å²) in [6, 6.07) is 9.75. The molecule has 2 aromatic carbocycles. The number of benzene rings is 2. The Morgan fingerprint density at radius 3 is 2.20 bits per heavy atom. The maximum absolute atomic E-state index is 13.4. The normalized spacial score (nSPS) is 15.5. The molecule has 0 fully saturated rings.